The van der Waals surface area contributed by atoms with Gasteiger partial charge in [-0.2, -0.15) is 4.37 Å². The van der Waals surface area contributed by atoms with Gasteiger partial charge in [-0.25, -0.2) is 0 Å². The van der Waals surface area contributed by atoms with E-state index in [9.17, 15) is 0 Å². The van der Waals surface area contributed by atoms with Gasteiger partial charge in [-0.1, -0.05) is 0 Å². The molecular formula is C12H15BN2O2S. The number of aromatic nitrogens is 2. The molecule has 2 aromatic rings. The highest BCUT2D eigenvalue weighted by Crippen LogP contribution is 2.36. The lowest BCUT2D eigenvalue weighted by molar-refractivity contribution is 0.00578. The van der Waals surface area contributed by atoms with Crippen molar-refractivity contribution in [3.05, 3.63) is 17.6 Å². The fraction of sp³-hybridized carbons (Fsp3) is 0.500. The van der Waals surface area contributed by atoms with Gasteiger partial charge >= 0.3 is 7.12 Å². The van der Waals surface area contributed by atoms with Crippen molar-refractivity contribution in [1.29, 1.82) is 0 Å². The number of rotatable bonds is 1. The summed E-state index contributed by atoms with van der Waals surface area (Å²) in [5, 5.41) is 1.93. The molecule has 0 aromatic carbocycles. The summed E-state index contributed by atoms with van der Waals surface area (Å²) < 4.78 is 16.3. The van der Waals surface area contributed by atoms with Gasteiger partial charge in [0.2, 0.25) is 0 Å². The monoisotopic (exact) mass is 262 g/mol. The summed E-state index contributed by atoms with van der Waals surface area (Å²) in [6.07, 6.45) is 1.80. The summed E-state index contributed by atoms with van der Waals surface area (Å²) in [6.45, 7) is 8.17. The molecule has 1 aliphatic heterocycles. The summed E-state index contributed by atoms with van der Waals surface area (Å²) in [7, 11) is -0.367. The van der Waals surface area contributed by atoms with Crippen LogP contribution in [0.3, 0.4) is 0 Å². The van der Waals surface area contributed by atoms with E-state index in [0.717, 1.165) is 16.5 Å². The molecule has 3 rings (SSSR count). The molecule has 18 heavy (non-hydrogen) atoms. The predicted molar refractivity (Wildman–Crippen MR) is 73.1 cm³/mol. The van der Waals surface area contributed by atoms with Crippen molar-refractivity contribution < 1.29 is 9.31 Å². The zero-order chi connectivity index (χ0) is 13.0. The Morgan fingerprint density at radius 3 is 2.44 bits per heavy atom. The van der Waals surface area contributed by atoms with Gasteiger partial charge in [0, 0.05) is 17.0 Å². The van der Waals surface area contributed by atoms with Crippen LogP contribution in [0.5, 0.6) is 0 Å². The predicted octanol–water partition coefficient (Wildman–Crippen LogP) is 1.99. The summed E-state index contributed by atoms with van der Waals surface area (Å²) >= 11 is 1.41. The third-order valence-electron chi connectivity index (χ3n) is 3.76. The van der Waals surface area contributed by atoms with Crippen LogP contribution in [0.4, 0.5) is 0 Å². The molecule has 0 radical (unpaired) electrons. The lowest BCUT2D eigenvalue weighted by atomic mass is 9.80. The summed E-state index contributed by atoms with van der Waals surface area (Å²) in [5.41, 5.74) is 2.09. The third kappa shape index (κ3) is 1.76. The van der Waals surface area contributed by atoms with Gasteiger partial charge < -0.3 is 9.31 Å². The van der Waals surface area contributed by atoms with Crippen LogP contribution in [0.2, 0.25) is 0 Å². The van der Waals surface area contributed by atoms with E-state index in [1.165, 1.54) is 11.5 Å². The Kier molecular flexibility index (Phi) is 2.52. The Morgan fingerprint density at radius 2 is 1.78 bits per heavy atom. The normalized spacial score (nSPS) is 21.7. The maximum Gasteiger partial charge on any atom is 0.496 e. The second-order valence-corrected chi connectivity index (χ2v) is 6.20. The van der Waals surface area contributed by atoms with Crippen molar-refractivity contribution in [3.8, 4) is 0 Å². The third-order valence-corrected chi connectivity index (χ3v) is 4.39. The van der Waals surface area contributed by atoms with Crippen LogP contribution in [0.1, 0.15) is 27.7 Å². The number of fused-ring (bicyclic) bond motifs is 1. The second kappa shape index (κ2) is 3.76. The standard InChI is InChI=1S/C12H15BN2O2S/c1-11(2)12(3,4)17-13(16-11)8-5-9-10(14-6-8)7-18-15-9/h5-7H,1-4H3. The van der Waals surface area contributed by atoms with Gasteiger partial charge in [0.05, 0.1) is 11.2 Å². The van der Waals surface area contributed by atoms with Crippen molar-refractivity contribution in [3.63, 3.8) is 0 Å². The highest BCUT2D eigenvalue weighted by molar-refractivity contribution is 7.04. The van der Waals surface area contributed by atoms with Gasteiger partial charge in [0.15, 0.2) is 0 Å². The molecule has 0 spiro atoms. The van der Waals surface area contributed by atoms with Crippen molar-refractivity contribution in [1.82, 2.24) is 9.36 Å². The molecule has 1 saturated heterocycles. The minimum atomic E-state index is -0.367. The first-order chi connectivity index (χ1) is 8.39. The number of hydrogen-bond donors (Lipinski definition) is 0. The van der Waals surface area contributed by atoms with Crippen molar-refractivity contribution in [2.45, 2.75) is 38.9 Å². The molecule has 0 bridgehead atoms. The van der Waals surface area contributed by atoms with E-state index in [2.05, 4.69) is 9.36 Å². The minimum Gasteiger partial charge on any atom is -0.399 e. The molecule has 1 fully saturated rings. The van der Waals surface area contributed by atoms with Crippen molar-refractivity contribution >= 4 is 35.1 Å². The molecule has 0 unspecified atom stereocenters. The molecule has 2 aromatic heterocycles. The van der Waals surface area contributed by atoms with E-state index in [-0.39, 0.29) is 18.3 Å². The Labute approximate surface area is 111 Å². The van der Waals surface area contributed by atoms with E-state index >= 15 is 0 Å². The maximum absolute atomic E-state index is 5.99. The van der Waals surface area contributed by atoms with E-state index in [0.29, 0.717) is 0 Å². The largest absolute Gasteiger partial charge is 0.496 e. The van der Waals surface area contributed by atoms with Crippen LogP contribution in [-0.2, 0) is 9.31 Å². The topological polar surface area (TPSA) is 44.2 Å². The number of hydrogen-bond acceptors (Lipinski definition) is 5. The SMILES string of the molecule is CC1(C)OB(c2cnc3csnc3c2)OC1(C)C. The van der Waals surface area contributed by atoms with Crippen LogP contribution >= 0.6 is 11.5 Å². The van der Waals surface area contributed by atoms with Gasteiger partial charge in [-0.05, 0) is 45.3 Å². The van der Waals surface area contributed by atoms with E-state index < -0.39 is 0 Å². The van der Waals surface area contributed by atoms with Crippen molar-refractivity contribution in [2.75, 3.05) is 0 Å². The molecule has 6 heteroatoms. The molecule has 4 nitrogen and oxygen atoms in total. The maximum atomic E-state index is 5.99. The average Bonchev–Trinajstić information content (AvgIpc) is 2.80. The first-order valence-corrected chi connectivity index (χ1v) is 6.78. The molecule has 0 saturated carbocycles. The highest BCUT2D eigenvalue weighted by atomic mass is 32.1. The minimum absolute atomic E-state index is 0.325. The Hall–Kier alpha value is -0.975. The lowest BCUT2D eigenvalue weighted by Crippen LogP contribution is -2.41. The fourth-order valence-electron chi connectivity index (χ4n) is 1.88. The molecule has 0 aliphatic carbocycles. The molecule has 94 valence electrons. The second-order valence-electron chi connectivity index (χ2n) is 5.58. The molecule has 0 N–H and O–H groups in total. The van der Waals surface area contributed by atoms with Gasteiger partial charge in [0.1, 0.15) is 11.0 Å². The van der Waals surface area contributed by atoms with E-state index in [1.54, 1.807) is 6.20 Å². The van der Waals surface area contributed by atoms with E-state index in [1.807, 2.05) is 39.1 Å². The smallest absolute Gasteiger partial charge is 0.399 e. The zero-order valence-corrected chi connectivity index (χ0v) is 11.7. The Morgan fingerprint density at radius 1 is 1.11 bits per heavy atom. The summed E-state index contributed by atoms with van der Waals surface area (Å²) in [4.78, 5) is 4.37. The summed E-state index contributed by atoms with van der Waals surface area (Å²) in [5.74, 6) is 0. The molecule has 1 aliphatic rings. The van der Waals surface area contributed by atoms with Crippen molar-refractivity contribution in [2.24, 2.45) is 0 Å². The number of pyridine rings is 1. The van der Waals surface area contributed by atoms with Crippen LogP contribution in [-0.4, -0.2) is 27.7 Å². The van der Waals surface area contributed by atoms with Gasteiger partial charge in [-0.15, -0.1) is 0 Å². The van der Waals surface area contributed by atoms with E-state index in [4.69, 9.17) is 9.31 Å². The highest BCUT2D eigenvalue weighted by Gasteiger charge is 2.51. The number of nitrogens with zero attached hydrogens (tertiary/aromatic N) is 2. The molecule has 0 atom stereocenters. The average molecular weight is 262 g/mol. The van der Waals surface area contributed by atoms with Crippen LogP contribution in [0.25, 0.3) is 11.0 Å². The fourth-order valence-corrected chi connectivity index (χ4v) is 2.48. The Balaban J connectivity index is 1.96. The molecule has 0 amide bonds. The molecule has 3 heterocycles. The molecular weight excluding hydrogens is 247 g/mol. The quantitative estimate of drug-likeness (QED) is 0.737. The zero-order valence-electron chi connectivity index (χ0n) is 10.9. The summed E-state index contributed by atoms with van der Waals surface area (Å²) in [6, 6.07) is 1.99. The first-order valence-electron chi connectivity index (χ1n) is 5.95. The van der Waals surface area contributed by atoms with Gasteiger partial charge in [-0.3, -0.25) is 4.98 Å². The van der Waals surface area contributed by atoms with Crippen LogP contribution in [0.15, 0.2) is 17.6 Å². The van der Waals surface area contributed by atoms with Crippen LogP contribution in [0, 0.1) is 0 Å². The van der Waals surface area contributed by atoms with Crippen LogP contribution < -0.4 is 5.46 Å². The Bertz CT molecular complexity index is 581. The van der Waals surface area contributed by atoms with Gasteiger partial charge in [0.25, 0.3) is 0 Å². The first kappa shape index (κ1) is 12.1. The lowest BCUT2D eigenvalue weighted by Gasteiger charge is -2.32.